The van der Waals surface area contributed by atoms with Gasteiger partial charge in [-0.05, 0) is 37.0 Å². The van der Waals surface area contributed by atoms with Crippen LogP contribution in [0.25, 0.3) is 6.08 Å². The van der Waals surface area contributed by atoms with Crippen LogP contribution in [0.15, 0.2) is 40.0 Å². The SMILES string of the molecule is Cc1c(C(=O)CCN2C(=O)/C(=C/c3ccccc3)SC2=S)c(O)n(C2CCCC2)c(=O)c1C#N. The highest BCUT2D eigenvalue weighted by Gasteiger charge is 2.33. The number of nitrogens with zero attached hydrogens (tertiary/aromatic N) is 3. The fourth-order valence-electron chi connectivity index (χ4n) is 4.49. The van der Waals surface area contributed by atoms with E-state index in [1.165, 1.54) is 28.2 Å². The molecule has 1 aromatic carbocycles. The maximum Gasteiger partial charge on any atom is 0.271 e. The van der Waals surface area contributed by atoms with Gasteiger partial charge < -0.3 is 5.11 Å². The highest BCUT2D eigenvalue weighted by Crippen LogP contribution is 2.35. The summed E-state index contributed by atoms with van der Waals surface area (Å²) in [6, 6.07) is 11.1. The molecule has 1 aromatic heterocycles. The third kappa shape index (κ3) is 4.43. The number of hydrogen-bond acceptors (Lipinski definition) is 7. The highest BCUT2D eigenvalue weighted by atomic mass is 32.2. The first-order chi connectivity index (χ1) is 16.3. The average molecular weight is 494 g/mol. The molecule has 2 heterocycles. The minimum atomic E-state index is -0.566. The number of rotatable bonds is 6. The number of aromatic hydroxyl groups is 1. The maximum atomic E-state index is 13.2. The molecule has 4 rings (SSSR count). The van der Waals surface area contributed by atoms with Crippen molar-refractivity contribution in [1.29, 1.82) is 5.26 Å². The van der Waals surface area contributed by atoms with Crippen LogP contribution in [0.1, 0.15) is 65.2 Å². The van der Waals surface area contributed by atoms with E-state index >= 15 is 0 Å². The van der Waals surface area contributed by atoms with E-state index in [9.17, 15) is 24.8 Å². The van der Waals surface area contributed by atoms with Crippen LogP contribution in [0.2, 0.25) is 0 Å². The average Bonchev–Trinajstić information content (AvgIpc) is 3.42. The third-order valence-corrected chi connectivity index (χ3v) is 7.63. The number of benzene rings is 1. The second kappa shape index (κ2) is 9.95. The van der Waals surface area contributed by atoms with Crippen molar-refractivity contribution in [2.24, 2.45) is 0 Å². The van der Waals surface area contributed by atoms with Gasteiger partial charge in [-0.3, -0.25) is 23.9 Å². The minimum Gasteiger partial charge on any atom is -0.494 e. The number of ketones is 1. The van der Waals surface area contributed by atoms with Crippen LogP contribution >= 0.6 is 24.0 Å². The summed E-state index contributed by atoms with van der Waals surface area (Å²) in [4.78, 5) is 40.7. The quantitative estimate of drug-likeness (QED) is 0.363. The molecule has 2 aliphatic rings. The van der Waals surface area contributed by atoms with Crippen molar-refractivity contribution >= 4 is 46.1 Å². The summed E-state index contributed by atoms with van der Waals surface area (Å²) < 4.78 is 1.56. The van der Waals surface area contributed by atoms with E-state index in [0.717, 1.165) is 18.4 Å². The van der Waals surface area contributed by atoms with Crippen molar-refractivity contribution in [2.45, 2.75) is 45.1 Å². The van der Waals surface area contributed by atoms with Gasteiger partial charge in [0, 0.05) is 19.0 Å². The molecule has 1 N–H and O–H groups in total. The second-order valence-electron chi connectivity index (χ2n) is 8.34. The smallest absolute Gasteiger partial charge is 0.271 e. The molecule has 7 nitrogen and oxygen atoms in total. The Morgan fingerprint density at radius 2 is 1.94 bits per heavy atom. The molecule has 1 aliphatic carbocycles. The number of pyridine rings is 1. The van der Waals surface area contributed by atoms with Crippen LogP contribution in [0.4, 0.5) is 0 Å². The zero-order valence-electron chi connectivity index (χ0n) is 18.6. The summed E-state index contributed by atoms with van der Waals surface area (Å²) in [7, 11) is 0. The molecule has 34 heavy (non-hydrogen) atoms. The lowest BCUT2D eigenvalue weighted by molar-refractivity contribution is -0.122. The number of nitriles is 1. The Morgan fingerprint density at radius 1 is 1.26 bits per heavy atom. The molecular weight excluding hydrogens is 470 g/mol. The van der Waals surface area contributed by atoms with Crippen molar-refractivity contribution < 1.29 is 14.7 Å². The topological polar surface area (TPSA) is 103 Å². The van der Waals surface area contributed by atoms with Gasteiger partial charge in [-0.15, -0.1) is 0 Å². The minimum absolute atomic E-state index is 0.0340. The summed E-state index contributed by atoms with van der Waals surface area (Å²) in [5.41, 5.74) is 0.304. The van der Waals surface area contributed by atoms with E-state index in [-0.39, 0.29) is 41.6 Å². The molecule has 174 valence electrons. The number of hydrogen-bond donors (Lipinski definition) is 1. The Labute approximate surface area is 206 Å². The molecule has 0 atom stereocenters. The van der Waals surface area contributed by atoms with Crippen molar-refractivity contribution in [3.05, 3.63) is 67.8 Å². The fourth-order valence-corrected chi connectivity index (χ4v) is 5.80. The molecule has 1 saturated carbocycles. The van der Waals surface area contributed by atoms with Crippen LogP contribution in [0.3, 0.4) is 0 Å². The number of aromatic nitrogens is 1. The highest BCUT2D eigenvalue weighted by molar-refractivity contribution is 8.26. The van der Waals surface area contributed by atoms with Gasteiger partial charge in [0.25, 0.3) is 11.5 Å². The third-order valence-electron chi connectivity index (χ3n) is 6.25. The van der Waals surface area contributed by atoms with Crippen molar-refractivity contribution in [3.8, 4) is 11.9 Å². The van der Waals surface area contributed by atoms with Gasteiger partial charge >= 0.3 is 0 Å². The van der Waals surface area contributed by atoms with Gasteiger partial charge in [0.05, 0.1) is 10.5 Å². The van der Waals surface area contributed by atoms with E-state index in [1.807, 2.05) is 36.4 Å². The van der Waals surface area contributed by atoms with Crippen LogP contribution in [-0.4, -0.2) is 37.1 Å². The molecule has 2 fully saturated rings. The number of amides is 1. The van der Waals surface area contributed by atoms with Gasteiger partial charge in [0.15, 0.2) is 5.78 Å². The lowest BCUT2D eigenvalue weighted by Crippen LogP contribution is -2.32. The Bertz CT molecular complexity index is 1300. The molecule has 9 heteroatoms. The zero-order valence-corrected chi connectivity index (χ0v) is 20.2. The predicted molar refractivity (Wildman–Crippen MR) is 135 cm³/mol. The fraction of sp³-hybridized carbons (Fsp3) is 0.320. The summed E-state index contributed by atoms with van der Waals surface area (Å²) in [5.74, 6) is -1.12. The first-order valence-electron chi connectivity index (χ1n) is 11.0. The largest absolute Gasteiger partial charge is 0.494 e. The number of thiocarbonyl (C=S) groups is 1. The van der Waals surface area contributed by atoms with Crippen LogP contribution in [0, 0.1) is 18.3 Å². The van der Waals surface area contributed by atoms with Crippen molar-refractivity contribution in [2.75, 3.05) is 6.54 Å². The summed E-state index contributed by atoms with van der Waals surface area (Å²) in [6.45, 7) is 1.53. The van der Waals surface area contributed by atoms with Gasteiger partial charge in [-0.25, -0.2) is 0 Å². The molecule has 0 bridgehead atoms. The Kier molecular flexibility index (Phi) is 7.00. The van der Waals surface area contributed by atoms with Crippen molar-refractivity contribution in [1.82, 2.24) is 9.47 Å². The van der Waals surface area contributed by atoms with Gasteiger partial charge in [0.1, 0.15) is 16.0 Å². The number of thioether (sulfide) groups is 1. The molecule has 0 unspecified atom stereocenters. The number of Topliss-reactive ketones (excluding diaryl/α,β-unsaturated/α-hetero) is 1. The van der Waals surface area contributed by atoms with E-state index in [4.69, 9.17) is 12.2 Å². The molecule has 1 saturated heterocycles. The van der Waals surface area contributed by atoms with E-state index in [0.29, 0.717) is 22.1 Å². The normalized spacial score (nSPS) is 17.5. The molecular formula is C25H23N3O4S2. The lowest BCUT2D eigenvalue weighted by atomic mass is 9.99. The predicted octanol–water partition coefficient (Wildman–Crippen LogP) is 4.32. The molecule has 1 amide bonds. The second-order valence-corrected chi connectivity index (χ2v) is 10.0. The Balaban J connectivity index is 1.58. The molecule has 0 spiro atoms. The summed E-state index contributed by atoms with van der Waals surface area (Å²) in [6.07, 6.45) is 4.90. The standard InChI is InChI=1S/C25H23N3O4S2/c1-15-18(14-26)22(30)28(17-9-5-6-10-17)24(32)21(15)19(29)11-12-27-23(31)20(34-25(27)33)13-16-7-3-2-4-8-16/h2-4,7-8,13,17,32H,5-6,9-12H2,1H3/b20-13-. The lowest BCUT2D eigenvalue weighted by Gasteiger charge is -2.20. The van der Waals surface area contributed by atoms with Gasteiger partial charge in [0.2, 0.25) is 5.88 Å². The van der Waals surface area contributed by atoms with E-state index in [2.05, 4.69) is 0 Å². The van der Waals surface area contributed by atoms with Crippen LogP contribution in [-0.2, 0) is 4.79 Å². The Hall–Kier alpha value is -3.22. The van der Waals surface area contributed by atoms with Gasteiger partial charge in [-0.1, -0.05) is 67.2 Å². The maximum absolute atomic E-state index is 13.2. The first kappa shape index (κ1) is 23.9. The first-order valence-corrected chi connectivity index (χ1v) is 12.3. The zero-order chi connectivity index (χ0) is 24.4. The molecule has 1 aliphatic heterocycles. The summed E-state index contributed by atoms with van der Waals surface area (Å²) >= 11 is 6.54. The van der Waals surface area contributed by atoms with E-state index in [1.54, 1.807) is 6.08 Å². The monoisotopic (exact) mass is 493 g/mol. The molecule has 2 aromatic rings. The van der Waals surface area contributed by atoms with Crippen LogP contribution in [0.5, 0.6) is 5.88 Å². The van der Waals surface area contributed by atoms with Gasteiger partial charge in [-0.2, -0.15) is 5.26 Å². The van der Waals surface area contributed by atoms with Crippen molar-refractivity contribution in [3.63, 3.8) is 0 Å². The van der Waals surface area contributed by atoms with Crippen LogP contribution < -0.4 is 5.56 Å². The number of carbonyl (C=O) groups excluding carboxylic acids is 2. The summed E-state index contributed by atoms with van der Waals surface area (Å²) in [5, 5.41) is 20.5. The number of carbonyl (C=O) groups is 2. The molecule has 0 radical (unpaired) electrons. The Morgan fingerprint density at radius 3 is 2.59 bits per heavy atom. The van der Waals surface area contributed by atoms with E-state index < -0.39 is 17.2 Å².